The average molecular weight is 268 g/mol. The molecule has 0 saturated heterocycles. The van der Waals surface area contributed by atoms with Crippen molar-refractivity contribution in [3.05, 3.63) is 28.9 Å². The van der Waals surface area contributed by atoms with E-state index < -0.39 is 0 Å². The SMILES string of the molecule is CSc1nnc(-c2cccc(O)c2C)c(Cl)n1. The van der Waals surface area contributed by atoms with E-state index >= 15 is 0 Å². The summed E-state index contributed by atoms with van der Waals surface area (Å²) in [6, 6.07) is 5.17. The second-order valence-electron chi connectivity index (χ2n) is 3.39. The van der Waals surface area contributed by atoms with Crippen molar-refractivity contribution < 1.29 is 5.11 Å². The molecule has 1 aromatic carbocycles. The van der Waals surface area contributed by atoms with Gasteiger partial charge in [-0.3, -0.25) is 0 Å². The van der Waals surface area contributed by atoms with Gasteiger partial charge in [-0.15, -0.1) is 10.2 Å². The van der Waals surface area contributed by atoms with Crippen molar-refractivity contribution in [2.75, 3.05) is 6.26 Å². The van der Waals surface area contributed by atoms with E-state index in [1.807, 2.05) is 12.3 Å². The Morgan fingerprint density at radius 1 is 1.29 bits per heavy atom. The molecule has 0 bridgehead atoms. The molecule has 0 saturated carbocycles. The second kappa shape index (κ2) is 4.89. The number of hydrogen-bond donors (Lipinski definition) is 1. The van der Waals surface area contributed by atoms with E-state index in [1.54, 1.807) is 19.1 Å². The lowest BCUT2D eigenvalue weighted by atomic mass is 10.1. The first-order valence-electron chi connectivity index (χ1n) is 4.86. The Hall–Kier alpha value is -1.33. The molecule has 1 heterocycles. The van der Waals surface area contributed by atoms with E-state index in [9.17, 15) is 5.11 Å². The second-order valence-corrected chi connectivity index (χ2v) is 4.52. The number of aromatic nitrogens is 3. The van der Waals surface area contributed by atoms with E-state index in [1.165, 1.54) is 11.8 Å². The third-order valence-corrected chi connectivity index (χ3v) is 3.17. The molecule has 1 N–H and O–H groups in total. The number of thioether (sulfide) groups is 1. The molecule has 0 aliphatic heterocycles. The lowest BCUT2D eigenvalue weighted by Crippen LogP contribution is -1.96. The zero-order valence-electron chi connectivity index (χ0n) is 9.31. The van der Waals surface area contributed by atoms with Crippen molar-refractivity contribution in [1.29, 1.82) is 0 Å². The Morgan fingerprint density at radius 3 is 2.71 bits per heavy atom. The average Bonchev–Trinajstić information content (AvgIpc) is 2.33. The molecule has 0 atom stereocenters. The van der Waals surface area contributed by atoms with E-state index in [0.29, 0.717) is 16.4 Å². The molecule has 0 spiro atoms. The molecule has 2 aromatic rings. The molecular formula is C11H10ClN3OS. The van der Waals surface area contributed by atoms with E-state index in [0.717, 1.165) is 5.56 Å². The molecule has 17 heavy (non-hydrogen) atoms. The summed E-state index contributed by atoms with van der Waals surface area (Å²) < 4.78 is 0. The molecule has 1 aromatic heterocycles. The van der Waals surface area contributed by atoms with Crippen molar-refractivity contribution in [3.8, 4) is 17.0 Å². The molecule has 6 heteroatoms. The molecule has 4 nitrogen and oxygen atoms in total. The first-order chi connectivity index (χ1) is 8.13. The van der Waals surface area contributed by atoms with Gasteiger partial charge in [0.15, 0.2) is 5.15 Å². The first-order valence-corrected chi connectivity index (χ1v) is 6.47. The van der Waals surface area contributed by atoms with Gasteiger partial charge in [0.1, 0.15) is 11.4 Å². The summed E-state index contributed by atoms with van der Waals surface area (Å²) in [5.41, 5.74) is 1.93. The van der Waals surface area contributed by atoms with Gasteiger partial charge in [-0.1, -0.05) is 35.5 Å². The molecule has 0 radical (unpaired) electrons. The van der Waals surface area contributed by atoms with Gasteiger partial charge in [0, 0.05) is 11.1 Å². The number of aromatic hydroxyl groups is 1. The lowest BCUT2D eigenvalue weighted by Gasteiger charge is -2.07. The highest BCUT2D eigenvalue weighted by Crippen LogP contribution is 2.31. The Balaban J connectivity index is 2.57. The van der Waals surface area contributed by atoms with Crippen LogP contribution >= 0.6 is 23.4 Å². The summed E-state index contributed by atoms with van der Waals surface area (Å²) in [7, 11) is 0. The minimum absolute atomic E-state index is 0.203. The Labute approximate surface area is 108 Å². The number of phenols is 1. The third kappa shape index (κ3) is 2.35. The van der Waals surface area contributed by atoms with Gasteiger partial charge in [-0.25, -0.2) is 4.98 Å². The minimum Gasteiger partial charge on any atom is -0.508 e. The number of hydrogen-bond acceptors (Lipinski definition) is 5. The monoisotopic (exact) mass is 267 g/mol. The standard InChI is InChI=1S/C11H10ClN3OS/c1-6-7(4-3-5-8(6)16)9-10(12)13-11(17-2)15-14-9/h3-5,16H,1-2H3. The quantitative estimate of drug-likeness (QED) is 0.848. The van der Waals surface area contributed by atoms with Crippen molar-refractivity contribution in [3.63, 3.8) is 0 Å². The van der Waals surface area contributed by atoms with Crippen LogP contribution in [0.25, 0.3) is 11.3 Å². The Bertz CT molecular complexity index is 562. The van der Waals surface area contributed by atoms with Crippen molar-refractivity contribution in [2.45, 2.75) is 12.1 Å². The zero-order valence-corrected chi connectivity index (χ0v) is 10.9. The summed E-state index contributed by atoms with van der Waals surface area (Å²) in [5, 5.41) is 18.4. The number of halogens is 1. The highest BCUT2D eigenvalue weighted by atomic mass is 35.5. The smallest absolute Gasteiger partial charge is 0.210 e. The van der Waals surface area contributed by atoms with Gasteiger partial charge in [-0.2, -0.15) is 0 Å². The summed E-state index contributed by atoms with van der Waals surface area (Å²) in [6.45, 7) is 1.80. The van der Waals surface area contributed by atoms with Crippen molar-refractivity contribution in [1.82, 2.24) is 15.2 Å². The predicted molar refractivity (Wildman–Crippen MR) is 68.5 cm³/mol. The number of benzene rings is 1. The largest absolute Gasteiger partial charge is 0.508 e. The number of nitrogens with zero attached hydrogens (tertiary/aromatic N) is 3. The van der Waals surface area contributed by atoms with Gasteiger partial charge in [0.05, 0.1) is 0 Å². The van der Waals surface area contributed by atoms with E-state index in [2.05, 4.69) is 15.2 Å². The molecule has 2 rings (SSSR count). The molecule has 0 aliphatic rings. The van der Waals surface area contributed by atoms with Crippen LogP contribution in [-0.2, 0) is 0 Å². The topological polar surface area (TPSA) is 58.9 Å². The van der Waals surface area contributed by atoms with Crippen LogP contribution in [0.2, 0.25) is 5.15 Å². The molecule has 0 unspecified atom stereocenters. The van der Waals surface area contributed by atoms with Gasteiger partial charge in [0.25, 0.3) is 0 Å². The number of rotatable bonds is 2. The van der Waals surface area contributed by atoms with Crippen molar-refractivity contribution >= 4 is 23.4 Å². The fourth-order valence-electron chi connectivity index (χ4n) is 1.42. The normalized spacial score (nSPS) is 10.5. The fraction of sp³-hybridized carbons (Fsp3) is 0.182. The third-order valence-electron chi connectivity index (χ3n) is 2.37. The van der Waals surface area contributed by atoms with Crippen LogP contribution in [-0.4, -0.2) is 26.5 Å². The van der Waals surface area contributed by atoms with Crippen molar-refractivity contribution in [2.24, 2.45) is 0 Å². The maximum atomic E-state index is 9.64. The highest BCUT2D eigenvalue weighted by molar-refractivity contribution is 7.98. The molecule has 0 aliphatic carbocycles. The van der Waals surface area contributed by atoms with Crippen LogP contribution in [0, 0.1) is 6.92 Å². The highest BCUT2D eigenvalue weighted by Gasteiger charge is 2.13. The molecular weight excluding hydrogens is 258 g/mol. The van der Waals surface area contributed by atoms with Gasteiger partial charge in [0.2, 0.25) is 5.16 Å². The maximum absolute atomic E-state index is 9.64. The molecule has 88 valence electrons. The van der Waals surface area contributed by atoms with Crippen LogP contribution in [0.1, 0.15) is 5.56 Å². The predicted octanol–water partition coefficient (Wildman–Crippen LogP) is 2.93. The van der Waals surface area contributed by atoms with Gasteiger partial charge >= 0.3 is 0 Å². The first kappa shape index (κ1) is 12.1. The summed E-state index contributed by atoms with van der Waals surface area (Å²) >= 11 is 7.43. The Morgan fingerprint density at radius 2 is 2.06 bits per heavy atom. The van der Waals surface area contributed by atoms with Crippen LogP contribution in [0.5, 0.6) is 5.75 Å². The minimum atomic E-state index is 0.203. The number of phenolic OH excluding ortho intramolecular Hbond substituents is 1. The van der Waals surface area contributed by atoms with E-state index in [-0.39, 0.29) is 10.9 Å². The van der Waals surface area contributed by atoms with Gasteiger partial charge in [-0.05, 0) is 19.2 Å². The molecule has 0 fully saturated rings. The summed E-state index contributed by atoms with van der Waals surface area (Å²) in [5.74, 6) is 0.203. The lowest BCUT2D eigenvalue weighted by molar-refractivity contribution is 0.471. The Kier molecular flexibility index (Phi) is 3.49. The van der Waals surface area contributed by atoms with Crippen LogP contribution in [0.3, 0.4) is 0 Å². The van der Waals surface area contributed by atoms with Crippen LogP contribution < -0.4 is 0 Å². The molecule has 0 amide bonds. The van der Waals surface area contributed by atoms with E-state index in [4.69, 9.17) is 11.6 Å². The zero-order chi connectivity index (χ0) is 12.4. The maximum Gasteiger partial charge on any atom is 0.210 e. The summed E-state index contributed by atoms with van der Waals surface area (Å²) in [6.07, 6.45) is 1.85. The van der Waals surface area contributed by atoms with Crippen LogP contribution in [0.15, 0.2) is 23.4 Å². The van der Waals surface area contributed by atoms with Crippen LogP contribution in [0.4, 0.5) is 0 Å². The van der Waals surface area contributed by atoms with Gasteiger partial charge < -0.3 is 5.11 Å². The fourth-order valence-corrected chi connectivity index (χ4v) is 2.00. The summed E-state index contributed by atoms with van der Waals surface area (Å²) in [4.78, 5) is 4.11.